The van der Waals surface area contributed by atoms with E-state index in [0.717, 1.165) is 22.3 Å². The molecule has 2 aromatic rings. The van der Waals surface area contributed by atoms with Crippen molar-refractivity contribution < 1.29 is 38.7 Å². The molecule has 2 atom stereocenters. The first-order valence-electron chi connectivity index (χ1n) is 11.7. The molecule has 1 saturated heterocycles. The Labute approximate surface area is 211 Å². The number of imide groups is 1. The highest BCUT2D eigenvalue weighted by atomic mass is 16.8. The van der Waals surface area contributed by atoms with Gasteiger partial charge in [-0.05, 0) is 40.5 Å². The molecule has 0 bridgehead atoms. The Hall–Kier alpha value is -4.51. The van der Waals surface area contributed by atoms with Crippen LogP contribution >= 0.6 is 0 Å². The molecule has 0 radical (unpaired) electrons. The molecular weight excluding hydrogens is 482 g/mol. The first kappa shape index (κ1) is 24.2. The van der Waals surface area contributed by atoms with Gasteiger partial charge >= 0.3 is 6.16 Å². The van der Waals surface area contributed by atoms with E-state index in [1.807, 2.05) is 30.3 Å². The molecule has 0 aromatic heterocycles. The normalized spacial score (nSPS) is 19.8. The Bertz CT molecular complexity index is 1320. The van der Waals surface area contributed by atoms with E-state index in [1.165, 1.54) is 17.1 Å². The van der Waals surface area contributed by atoms with Crippen LogP contribution in [0.1, 0.15) is 36.3 Å². The Morgan fingerprint density at radius 2 is 1.73 bits per heavy atom. The zero-order chi connectivity index (χ0) is 26.1. The average molecular weight is 505 g/mol. The number of aliphatic hydroxyl groups is 1. The molecular formula is C26H23N3O8. The maximum atomic E-state index is 12.5. The summed E-state index contributed by atoms with van der Waals surface area (Å²) >= 11 is 0. The van der Waals surface area contributed by atoms with Crippen molar-refractivity contribution in [1.29, 1.82) is 0 Å². The zero-order valence-electron chi connectivity index (χ0n) is 19.6. The highest BCUT2D eigenvalue weighted by Crippen LogP contribution is 2.45. The lowest BCUT2D eigenvalue weighted by Gasteiger charge is -2.20. The minimum Gasteiger partial charge on any atom is -0.432 e. The second-order valence-corrected chi connectivity index (χ2v) is 8.78. The number of anilines is 1. The van der Waals surface area contributed by atoms with Crippen LogP contribution < -0.4 is 5.32 Å². The van der Waals surface area contributed by atoms with Crippen molar-refractivity contribution in [3.63, 3.8) is 0 Å². The lowest BCUT2D eigenvalue weighted by molar-refractivity contribution is -0.177. The van der Waals surface area contributed by atoms with E-state index in [4.69, 9.17) is 9.57 Å². The molecule has 4 amide bonds. The van der Waals surface area contributed by atoms with Gasteiger partial charge in [0.1, 0.15) is 12.8 Å². The van der Waals surface area contributed by atoms with Crippen LogP contribution in [0.5, 0.6) is 0 Å². The second-order valence-electron chi connectivity index (χ2n) is 8.78. The van der Waals surface area contributed by atoms with Gasteiger partial charge in [-0.25, -0.2) is 4.79 Å². The third-order valence-corrected chi connectivity index (χ3v) is 6.47. The van der Waals surface area contributed by atoms with Gasteiger partial charge in [0.2, 0.25) is 11.8 Å². The van der Waals surface area contributed by atoms with Crippen LogP contribution in [0.4, 0.5) is 10.5 Å². The summed E-state index contributed by atoms with van der Waals surface area (Å²) in [5.74, 6) is -2.25. The second kappa shape index (κ2) is 9.86. The molecule has 190 valence electrons. The molecule has 2 aromatic carbocycles. The van der Waals surface area contributed by atoms with Crippen molar-refractivity contribution in [2.45, 2.75) is 31.4 Å². The van der Waals surface area contributed by atoms with Gasteiger partial charge in [0.05, 0.1) is 0 Å². The van der Waals surface area contributed by atoms with Crippen LogP contribution in [-0.2, 0) is 28.8 Å². The first-order chi connectivity index (χ1) is 17.8. The van der Waals surface area contributed by atoms with Crippen molar-refractivity contribution in [1.82, 2.24) is 9.96 Å². The number of benzene rings is 2. The van der Waals surface area contributed by atoms with Crippen molar-refractivity contribution in [2.24, 2.45) is 0 Å². The summed E-state index contributed by atoms with van der Waals surface area (Å²) in [6, 6.07) is 13.0. The quantitative estimate of drug-likeness (QED) is 0.430. The number of nitrogens with zero attached hydrogens (tertiary/aromatic N) is 2. The predicted molar refractivity (Wildman–Crippen MR) is 127 cm³/mol. The standard InChI is InChI=1S/C26H23N3O8/c30-21(11-12-28-22(31)7-8-23(28)32)27-15-5-6-18-16-3-1-2-4-17(16)20(19(18)13-15)14-36-26(35)37-29-24(33)9-10-25(29)34/h1-8,13,20,22,31H,9-12,14H2,(H,27,30)/t20?,22-/m1/s1. The number of hydrogen-bond donors (Lipinski definition) is 2. The molecule has 2 aliphatic heterocycles. The number of nitrogens with one attached hydrogen (secondary N) is 1. The van der Waals surface area contributed by atoms with Crippen molar-refractivity contribution in [3.05, 3.63) is 65.7 Å². The van der Waals surface area contributed by atoms with Crippen LogP contribution in [0.15, 0.2) is 54.6 Å². The first-order valence-corrected chi connectivity index (χ1v) is 11.7. The predicted octanol–water partition coefficient (Wildman–Crippen LogP) is 2.06. The smallest absolute Gasteiger partial charge is 0.432 e. The highest BCUT2D eigenvalue weighted by Gasteiger charge is 2.35. The summed E-state index contributed by atoms with van der Waals surface area (Å²) in [6.45, 7) is -0.0474. The fourth-order valence-corrected chi connectivity index (χ4v) is 4.66. The molecule has 3 aliphatic rings. The summed E-state index contributed by atoms with van der Waals surface area (Å²) in [4.78, 5) is 65.8. The molecule has 37 heavy (non-hydrogen) atoms. The fourth-order valence-electron chi connectivity index (χ4n) is 4.66. The van der Waals surface area contributed by atoms with Gasteiger partial charge in [0, 0.05) is 43.5 Å². The Balaban J connectivity index is 1.26. The van der Waals surface area contributed by atoms with Crippen LogP contribution in [0.3, 0.4) is 0 Å². The number of rotatable bonds is 7. The third kappa shape index (κ3) is 4.81. The maximum Gasteiger partial charge on any atom is 0.533 e. The topological polar surface area (TPSA) is 143 Å². The SMILES string of the molecule is O=C(CCN1C(=O)C=C[C@H]1O)Nc1ccc2c(c1)C(COC(=O)ON1C(=O)CCC1=O)c1ccccc1-2. The molecule has 1 unspecified atom stereocenters. The van der Waals surface area contributed by atoms with Gasteiger partial charge in [-0.2, -0.15) is 0 Å². The largest absolute Gasteiger partial charge is 0.533 e. The summed E-state index contributed by atoms with van der Waals surface area (Å²) in [6.07, 6.45) is 0.386. The molecule has 0 saturated carbocycles. The number of hydrogen-bond acceptors (Lipinski definition) is 8. The van der Waals surface area contributed by atoms with E-state index in [2.05, 4.69) is 5.32 Å². The number of carbonyl (C=O) groups excluding carboxylic acids is 5. The number of amides is 4. The van der Waals surface area contributed by atoms with E-state index in [1.54, 1.807) is 12.1 Å². The zero-order valence-corrected chi connectivity index (χ0v) is 19.6. The molecule has 5 rings (SSSR count). The molecule has 1 aliphatic carbocycles. The number of ether oxygens (including phenoxy) is 1. The minimum absolute atomic E-state index is 0.00584. The number of fused-ring (bicyclic) bond motifs is 3. The van der Waals surface area contributed by atoms with Crippen LogP contribution in [-0.4, -0.2) is 64.2 Å². The summed E-state index contributed by atoms with van der Waals surface area (Å²) < 4.78 is 5.27. The lowest BCUT2D eigenvalue weighted by Crippen LogP contribution is -2.36. The van der Waals surface area contributed by atoms with Crippen molar-refractivity contribution >= 4 is 35.5 Å². The molecule has 11 nitrogen and oxygen atoms in total. The van der Waals surface area contributed by atoms with Gasteiger partial charge in [-0.15, -0.1) is 0 Å². The number of carbonyl (C=O) groups is 5. The van der Waals surface area contributed by atoms with Crippen molar-refractivity contribution in [2.75, 3.05) is 18.5 Å². The van der Waals surface area contributed by atoms with Crippen LogP contribution in [0.25, 0.3) is 11.1 Å². The van der Waals surface area contributed by atoms with Crippen molar-refractivity contribution in [3.8, 4) is 11.1 Å². The maximum absolute atomic E-state index is 12.5. The lowest BCUT2D eigenvalue weighted by atomic mass is 9.97. The molecule has 2 heterocycles. The fraction of sp³-hybridized carbons (Fsp3) is 0.269. The highest BCUT2D eigenvalue weighted by molar-refractivity contribution is 6.01. The van der Waals surface area contributed by atoms with E-state index in [-0.39, 0.29) is 50.1 Å². The monoisotopic (exact) mass is 505 g/mol. The molecule has 1 fully saturated rings. The van der Waals surface area contributed by atoms with Gasteiger partial charge < -0.3 is 20.1 Å². The number of hydroxylamine groups is 2. The molecule has 0 spiro atoms. The van der Waals surface area contributed by atoms with Crippen LogP contribution in [0.2, 0.25) is 0 Å². The summed E-state index contributed by atoms with van der Waals surface area (Å²) in [5, 5.41) is 13.0. The van der Waals surface area contributed by atoms with Gasteiger partial charge in [0.25, 0.3) is 11.8 Å². The Morgan fingerprint density at radius 3 is 2.46 bits per heavy atom. The van der Waals surface area contributed by atoms with Gasteiger partial charge in [0.15, 0.2) is 0 Å². The molecule has 11 heteroatoms. The van der Waals surface area contributed by atoms with E-state index in [0.29, 0.717) is 10.8 Å². The van der Waals surface area contributed by atoms with E-state index >= 15 is 0 Å². The third-order valence-electron chi connectivity index (χ3n) is 6.47. The van der Waals surface area contributed by atoms with Crippen LogP contribution in [0, 0.1) is 0 Å². The average Bonchev–Trinajstić information content (AvgIpc) is 3.49. The Kier molecular flexibility index (Phi) is 6.45. The number of aliphatic hydroxyl groups excluding tert-OH is 1. The van der Waals surface area contributed by atoms with Gasteiger partial charge in [-0.3, -0.25) is 24.0 Å². The molecule has 2 N–H and O–H groups in total. The van der Waals surface area contributed by atoms with Gasteiger partial charge in [-0.1, -0.05) is 35.4 Å². The summed E-state index contributed by atoms with van der Waals surface area (Å²) in [5.41, 5.74) is 4.11. The van der Waals surface area contributed by atoms with E-state index in [9.17, 15) is 29.1 Å². The summed E-state index contributed by atoms with van der Waals surface area (Å²) in [7, 11) is 0. The Morgan fingerprint density at radius 1 is 1.00 bits per heavy atom. The van der Waals surface area contributed by atoms with E-state index < -0.39 is 24.2 Å². The minimum atomic E-state index is -1.16.